The van der Waals surface area contributed by atoms with E-state index in [-0.39, 0.29) is 25.9 Å². The van der Waals surface area contributed by atoms with Crippen LogP contribution in [-0.4, -0.2) is 73.0 Å². The molecular weight excluding hydrogens is 842 g/mol. The van der Waals surface area contributed by atoms with Gasteiger partial charge in [0.05, 0.1) is 0 Å². The van der Waals surface area contributed by atoms with E-state index in [0.29, 0.717) is 0 Å². The van der Waals surface area contributed by atoms with Crippen molar-refractivity contribution in [1.29, 1.82) is 0 Å². The van der Waals surface area contributed by atoms with Crippen molar-refractivity contribution in [3.8, 4) is 66.8 Å². The van der Waals surface area contributed by atoms with Gasteiger partial charge in [-0.05, 0) is 112 Å². The average Bonchev–Trinajstić information content (AvgIpc) is 3.34. The minimum Gasteiger partial charge on any atom is -1.00 e. The average molecular weight is 894 g/mol. The van der Waals surface area contributed by atoms with E-state index in [9.17, 15) is 0 Å². The van der Waals surface area contributed by atoms with Gasteiger partial charge in [0.1, 0.15) is 0 Å². The normalized spacial score (nSPS) is 10.3. The number of halogens is 1. The van der Waals surface area contributed by atoms with Crippen molar-refractivity contribution in [2.75, 3.05) is 35.5 Å². The fraction of sp³-hybridized carbons (Fsp3) is 0.0943. The van der Waals surface area contributed by atoms with Crippen LogP contribution in [-0.2, 0) is 23.3 Å². The van der Waals surface area contributed by atoms with Gasteiger partial charge >= 0.3 is 37.5 Å². The van der Waals surface area contributed by atoms with E-state index in [4.69, 9.17) is 9.31 Å². The molecule has 0 saturated carbocycles. The molecule has 0 unspecified atom stereocenters. The molecule has 0 aliphatic carbocycles. The summed E-state index contributed by atoms with van der Waals surface area (Å²) < 4.78 is 26.4. The zero-order chi connectivity index (χ0) is 42.8. The summed E-state index contributed by atoms with van der Waals surface area (Å²) in [7, 11) is 6.92. The van der Waals surface area contributed by atoms with E-state index in [2.05, 4.69) is 218 Å². The minimum atomic E-state index is -0.514. The quantitative estimate of drug-likeness (QED) is 0.114. The summed E-state index contributed by atoms with van der Waals surface area (Å²) >= 11 is 3.86. The molecule has 0 fully saturated rings. The van der Waals surface area contributed by atoms with Gasteiger partial charge in [-0.3, -0.25) is 0 Å². The summed E-state index contributed by atoms with van der Waals surface area (Å²) in [4.78, 5) is 0. The summed E-state index contributed by atoms with van der Waals surface area (Å²) in [5.41, 5.74) is 15.2. The SMILES string of the molecule is Brc1c(-c2ccccc2)cc(-c2ccccc2)cc1-c1ccccc1.COB(OC)OC.COB(OC)c1c(-c2ccccc2)cc(-c2ccccc2)cc1-c1ccccc1.[H-].[H-].[Mg+2]. The van der Waals surface area contributed by atoms with Crippen LogP contribution < -0.4 is 5.46 Å². The zero-order valence-electron chi connectivity index (χ0n) is 37.9. The molecule has 0 aliphatic heterocycles. The van der Waals surface area contributed by atoms with Crippen LogP contribution in [0.15, 0.2) is 211 Å². The summed E-state index contributed by atoms with van der Waals surface area (Å²) in [5.74, 6) is 0. The molecule has 8 aromatic rings. The Morgan fingerprint density at radius 2 is 0.565 bits per heavy atom. The molecule has 8 aromatic carbocycles. The molecule has 5 nitrogen and oxygen atoms in total. The first-order valence-electron chi connectivity index (χ1n) is 20.0. The maximum atomic E-state index is 5.73. The fourth-order valence-corrected chi connectivity index (χ4v) is 7.80. The van der Waals surface area contributed by atoms with Gasteiger partial charge in [0.2, 0.25) is 0 Å². The Hall–Kier alpha value is -5.06. The van der Waals surface area contributed by atoms with E-state index in [1.165, 1.54) is 60.3 Å². The molecule has 0 N–H and O–H groups in total. The second-order valence-corrected chi connectivity index (χ2v) is 14.7. The van der Waals surface area contributed by atoms with Crippen LogP contribution in [0.25, 0.3) is 66.8 Å². The number of benzene rings is 8. The van der Waals surface area contributed by atoms with Gasteiger partial charge in [0.15, 0.2) is 0 Å². The van der Waals surface area contributed by atoms with E-state index < -0.39 is 14.4 Å². The Kier molecular flexibility index (Phi) is 19.5. The minimum absolute atomic E-state index is 0. The monoisotopic (exact) mass is 892 g/mol. The molecular formula is C53H51B2BrMgO5. The largest absolute Gasteiger partial charge is 2.00 e. The van der Waals surface area contributed by atoms with Crippen molar-refractivity contribution in [3.05, 3.63) is 211 Å². The van der Waals surface area contributed by atoms with Crippen LogP contribution in [0, 0.1) is 0 Å². The van der Waals surface area contributed by atoms with E-state index in [1.807, 2.05) is 18.2 Å². The zero-order valence-corrected chi connectivity index (χ0v) is 38.9. The molecule has 0 heterocycles. The standard InChI is InChI=1S/C26H23BO2.C24H17Br.C3H9BO3.Mg.2H/c1-28-27(29-2)26-24(21-14-8-4-9-15-21)18-23(20-12-6-3-7-13-20)19-25(26)22-16-10-5-11-17-22;25-24-22(19-12-6-2-7-13-19)16-21(18-10-4-1-5-11-18)17-23(24)20-14-8-3-9-15-20;1-5-4(6-2)7-3;;;/h3-19H,1-2H3;1-17H;1-3H3;;;/q;;;+2;2*-1. The maximum Gasteiger partial charge on any atom is 2.00 e. The smallest absolute Gasteiger partial charge is 1.00 e. The number of hydrogen-bond donors (Lipinski definition) is 0. The van der Waals surface area contributed by atoms with Crippen LogP contribution >= 0.6 is 15.9 Å². The first-order valence-corrected chi connectivity index (χ1v) is 20.8. The molecule has 0 aromatic heterocycles. The first-order chi connectivity index (χ1) is 30.0. The molecule has 0 saturated heterocycles. The van der Waals surface area contributed by atoms with Gasteiger partial charge in [-0.25, -0.2) is 0 Å². The second kappa shape index (κ2) is 25.1. The Labute approximate surface area is 395 Å². The molecule has 0 amide bonds. The third kappa shape index (κ3) is 12.5. The number of rotatable bonds is 12. The Balaban J connectivity index is 0.000000287. The molecule has 8 rings (SSSR count). The second-order valence-electron chi connectivity index (χ2n) is 13.9. The summed E-state index contributed by atoms with van der Waals surface area (Å²) in [5, 5.41) is 0. The first kappa shape index (κ1) is 48.0. The molecule has 308 valence electrons. The van der Waals surface area contributed by atoms with Gasteiger partial charge < -0.3 is 26.1 Å². The molecule has 0 atom stereocenters. The third-order valence-electron chi connectivity index (χ3n) is 10.0. The van der Waals surface area contributed by atoms with Crippen molar-refractivity contribution < 1.29 is 26.1 Å². The van der Waals surface area contributed by atoms with Gasteiger partial charge in [-0.1, -0.05) is 182 Å². The van der Waals surface area contributed by atoms with Crippen LogP contribution in [0.5, 0.6) is 0 Å². The van der Waals surface area contributed by atoms with Gasteiger partial charge in [0, 0.05) is 40.0 Å². The number of hydrogen-bond acceptors (Lipinski definition) is 5. The van der Waals surface area contributed by atoms with E-state index in [1.54, 1.807) is 14.2 Å². The third-order valence-corrected chi connectivity index (χ3v) is 10.9. The topological polar surface area (TPSA) is 46.2 Å². The van der Waals surface area contributed by atoms with Crippen LogP contribution in [0.4, 0.5) is 0 Å². The molecule has 0 aliphatic rings. The predicted octanol–water partition coefficient (Wildman–Crippen LogP) is 12.9. The van der Waals surface area contributed by atoms with Gasteiger partial charge in [-0.2, -0.15) is 0 Å². The molecule has 9 heteroatoms. The summed E-state index contributed by atoms with van der Waals surface area (Å²) in [6.45, 7) is 0. The maximum absolute atomic E-state index is 5.73. The summed E-state index contributed by atoms with van der Waals surface area (Å²) in [6.07, 6.45) is 0. The Morgan fingerprint density at radius 3 is 0.806 bits per heavy atom. The van der Waals surface area contributed by atoms with Gasteiger partial charge in [0.25, 0.3) is 0 Å². The van der Waals surface area contributed by atoms with Crippen molar-refractivity contribution in [1.82, 2.24) is 0 Å². The Morgan fingerprint density at radius 1 is 0.323 bits per heavy atom. The van der Waals surface area contributed by atoms with E-state index >= 15 is 0 Å². The van der Waals surface area contributed by atoms with Crippen molar-refractivity contribution in [2.24, 2.45) is 0 Å². The van der Waals surface area contributed by atoms with Crippen LogP contribution in [0.3, 0.4) is 0 Å². The van der Waals surface area contributed by atoms with Crippen molar-refractivity contribution in [3.63, 3.8) is 0 Å². The molecule has 62 heavy (non-hydrogen) atoms. The van der Waals surface area contributed by atoms with E-state index in [0.717, 1.165) is 37.8 Å². The van der Waals surface area contributed by atoms with Gasteiger partial charge in [-0.15, -0.1) is 0 Å². The fourth-order valence-electron chi connectivity index (χ4n) is 7.12. The molecule has 0 spiro atoms. The van der Waals surface area contributed by atoms with Crippen LogP contribution in [0.1, 0.15) is 2.85 Å². The molecule has 0 radical (unpaired) electrons. The predicted molar refractivity (Wildman–Crippen MR) is 267 cm³/mol. The molecule has 0 bridgehead atoms. The van der Waals surface area contributed by atoms with Crippen LogP contribution in [0.2, 0.25) is 0 Å². The van der Waals surface area contributed by atoms with Crippen molar-refractivity contribution >= 4 is 58.9 Å². The summed E-state index contributed by atoms with van der Waals surface area (Å²) in [6, 6.07) is 71.9. The van der Waals surface area contributed by atoms with Crippen molar-refractivity contribution in [2.45, 2.75) is 0 Å². The Bertz CT molecular complexity index is 2400.